The van der Waals surface area contributed by atoms with E-state index < -0.39 is 0 Å². The molecule has 0 radical (unpaired) electrons. The molecular formula is C22H25N5OS2. The van der Waals surface area contributed by atoms with E-state index in [9.17, 15) is 4.79 Å². The fourth-order valence-corrected chi connectivity index (χ4v) is 5.10. The lowest BCUT2D eigenvalue weighted by Crippen LogP contribution is -2.22. The standard InChI is InChI=1S/C22H25N5OS2/c1-4-12-26-20(17-8-9-17)24-25-22(26)30-14-18-13-29-21(23-18)27(15(3)28)19-10-6-16(5-2)7-11-19/h4,6-7,10-11,13,17H,1,5,8-9,12,14H2,2-3H3. The highest BCUT2D eigenvalue weighted by atomic mass is 32.2. The molecule has 0 N–H and O–H groups in total. The zero-order chi connectivity index (χ0) is 21.1. The molecule has 0 saturated heterocycles. The van der Waals surface area contributed by atoms with Crippen LogP contribution < -0.4 is 4.90 Å². The Morgan fingerprint density at radius 3 is 2.73 bits per heavy atom. The predicted octanol–water partition coefficient (Wildman–Crippen LogP) is 5.34. The number of hydrogen-bond acceptors (Lipinski definition) is 6. The van der Waals surface area contributed by atoms with Crippen molar-refractivity contribution in [1.29, 1.82) is 0 Å². The normalized spacial score (nSPS) is 13.4. The third-order valence-corrected chi connectivity index (χ3v) is 6.87. The van der Waals surface area contributed by atoms with Gasteiger partial charge in [-0.25, -0.2) is 4.98 Å². The number of amides is 1. The van der Waals surface area contributed by atoms with Crippen molar-refractivity contribution in [1.82, 2.24) is 19.7 Å². The van der Waals surface area contributed by atoms with Gasteiger partial charge in [0.15, 0.2) is 10.3 Å². The minimum absolute atomic E-state index is 0.0485. The summed E-state index contributed by atoms with van der Waals surface area (Å²) in [4.78, 5) is 18.7. The Bertz CT molecular complexity index is 1040. The second kappa shape index (κ2) is 9.14. The van der Waals surface area contributed by atoms with Crippen molar-refractivity contribution in [3.05, 3.63) is 59.4 Å². The minimum Gasteiger partial charge on any atom is -0.302 e. The monoisotopic (exact) mass is 439 g/mol. The maximum Gasteiger partial charge on any atom is 0.230 e. The first-order valence-corrected chi connectivity index (χ1v) is 12.0. The molecule has 0 unspecified atom stereocenters. The molecule has 3 aromatic rings. The SMILES string of the molecule is C=CCn1c(SCc2csc(N(C(C)=O)c3ccc(CC)cc3)n2)nnc1C1CC1. The molecule has 4 rings (SSSR count). The summed E-state index contributed by atoms with van der Waals surface area (Å²) in [6.07, 6.45) is 5.23. The maximum absolute atomic E-state index is 12.3. The molecule has 156 valence electrons. The van der Waals surface area contributed by atoms with Crippen LogP contribution in [0.25, 0.3) is 0 Å². The molecule has 0 bridgehead atoms. The van der Waals surface area contributed by atoms with E-state index in [0.717, 1.165) is 35.3 Å². The number of rotatable bonds is 9. The molecule has 30 heavy (non-hydrogen) atoms. The number of thioether (sulfide) groups is 1. The van der Waals surface area contributed by atoms with E-state index in [1.54, 1.807) is 23.6 Å². The van der Waals surface area contributed by atoms with Gasteiger partial charge in [0.2, 0.25) is 5.91 Å². The van der Waals surface area contributed by atoms with Crippen LogP contribution >= 0.6 is 23.1 Å². The van der Waals surface area contributed by atoms with Crippen molar-refractivity contribution < 1.29 is 4.79 Å². The van der Waals surface area contributed by atoms with Crippen LogP contribution in [0.4, 0.5) is 10.8 Å². The molecule has 1 amide bonds. The lowest BCUT2D eigenvalue weighted by molar-refractivity contribution is -0.115. The van der Waals surface area contributed by atoms with E-state index in [-0.39, 0.29) is 5.91 Å². The molecule has 1 aliphatic rings. The van der Waals surface area contributed by atoms with Gasteiger partial charge in [-0.1, -0.05) is 36.9 Å². The van der Waals surface area contributed by atoms with Crippen molar-refractivity contribution in [2.45, 2.75) is 56.5 Å². The Kier molecular flexibility index (Phi) is 6.34. The Morgan fingerprint density at radius 1 is 1.33 bits per heavy atom. The van der Waals surface area contributed by atoms with Gasteiger partial charge in [-0.2, -0.15) is 0 Å². The molecule has 1 aliphatic carbocycles. The minimum atomic E-state index is -0.0485. The second-order valence-electron chi connectivity index (χ2n) is 7.30. The molecule has 0 aliphatic heterocycles. The highest BCUT2D eigenvalue weighted by molar-refractivity contribution is 7.98. The molecule has 0 spiro atoms. The van der Waals surface area contributed by atoms with Crippen LogP contribution in [0.2, 0.25) is 0 Å². The summed E-state index contributed by atoms with van der Waals surface area (Å²) in [5, 5.41) is 12.4. The molecular weight excluding hydrogens is 414 g/mol. The van der Waals surface area contributed by atoms with Crippen molar-refractivity contribution in [3.8, 4) is 0 Å². The zero-order valence-corrected chi connectivity index (χ0v) is 18.9. The van der Waals surface area contributed by atoms with Crippen LogP contribution in [0.5, 0.6) is 0 Å². The lowest BCUT2D eigenvalue weighted by atomic mass is 10.1. The van der Waals surface area contributed by atoms with Crippen molar-refractivity contribution in [2.24, 2.45) is 0 Å². The summed E-state index contributed by atoms with van der Waals surface area (Å²) >= 11 is 3.10. The number of allylic oxidation sites excluding steroid dienone is 1. The van der Waals surface area contributed by atoms with Crippen LogP contribution in [0.15, 0.2) is 47.5 Å². The van der Waals surface area contributed by atoms with Gasteiger partial charge in [0.05, 0.1) is 11.4 Å². The Labute approximate surface area is 185 Å². The van der Waals surface area contributed by atoms with Gasteiger partial charge in [-0.05, 0) is 37.0 Å². The summed E-state index contributed by atoms with van der Waals surface area (Å²) in [6, 6.07) is 8.07. The number of anilines is 2. The van der Waals surface area contributed by atoms with E-state index in [1.165, 1.54) is 29.7 Å². The number of hydrogen-bond donors (Lipinski definition) is 0. The van der Waals surface area contributed by atoms with Gasteiger partial charge in [-0.15, -0.1) is 28.1 Å². The maximum atomic E-state index is 12.3. The summed E-state index contributed by atoms with van der Waals surface area (Å²) in [5.41, 5.74) is 3.01. The van der Waals surface area contributed by atoms with Crippen molar-refractivity contribution >= 4 is 39.8 Å². The zero-order valence-electron chi connectivity index (χ0n) is 17.2. The molecule has 0 atom stereocenters. The third kappa shape index (κ3) is 4.49. The smallest absolute Gasteiger partial charge is 0.230 e. The number of nitrogens with zero attached hydrogens (tertiary/aromatic N) is 5. The highest BCUT2D eigenvalue weighted by Gasteiger charge is 2.30. The Morgan fingerprint density at radius 2 is 2.10 bits per heavy atom. The fraction of sp³-hybridized carbons (Fsp3) is 0.364. The second-order valence-corrected chi connectivity index (χ2v) is 9.08. The average Bonchev–Trinajstić information content (AvgIpc) is 3.36. The van der Waals surface area contributed by atoms with E-state index in [2.05, 4.69) is 40.4 Å². The summed E-state index contributed by atoms with van der Waals surface area (Å²) in [6.45, 7) is 8.27. The Hall–Kier alpha value is -2.45. The molecule has 2 heterocycles. The topological polar surface area (TPSA) is 63.9 Å². The van der Waals surface area contributed by atoms with Crippen LogP contribution in [-0.4, -0.2) is 25.7 Å². The predicted molar refractivity (Wildman–Crippen MR) is 123 cm³/mol. The number of aryl methyl sites for hydroxylation is 1. The van der Waals surface area contributed by atoms with Gasteiger partial charge >= 0.3 is 0 Å². The largest absolute Gasteiger partial charge is 0.302 e. The molecule has 8 heteroatoms. The first-order valence-electron chi connectivity index (χ1n) is 10.1. The number of carbonyl (C=O) groups excluding carboxylic acids is 1. The highest BCUT2D eigenvalue weighted by Crippen LogP contribution is 2.40. The number of benzene rings is 1. The number of aromatic nitrogens is 4. The summed E-state index contributed by atoms with van der Waals surface area (Å²) < 4.78 is 2.15. The van der Waals surface area contributed by atoms with E-state index in [4.69, 9.17) is 4.98 Å². The molecule has 1 fully saturated rings. The summed E-state index contributed by atoms with van der Waals surface area (Å²) in [5.74, 6) is 2.24. The van der Waals surface area contributed by atoms with Gasteiger partial charge in [0.1, 0.15) is 5.82 Å². The quantitative estimate of drug-likeness (QED) is 0.333. The summed E-state index contributed by atoms with van der Waals surface area (Å²) in [7, 11) is 0. The van der Waals surface area contributed by atoms with E-state index >= 15 is 0 Å². The van der Waals surface area contributed by atoms with Crippen LogP contribution in [0.1, 0.15) is 49.7 Å². The van der Waals surface area contributed by atoms with Crippen LogP contribution in [-0.2, 0) is 23.5 Å². The van der Waals surface area contributed by atoms with Crippen LogP contribution in [0, 0.1) is 0 Å². The number of thiazole rings is 1. The fourth-order valence-electron chi connectivity index (χ4n) is 3.26. The first kappa shape index (κ1) is 20.8. The van der Waals surface area contributed by atoms with Crippen molar-refractivity contribution in [2.75, 3.05) is 4.90 Å². The average molecular weight is 440 g/mol. The van der Waals surface area contributed by atoms with Gasteiger partial charge < -0.3 is 4.57 Å². The molecule has 6 nitrogen and oxygen atoms in total. The van der Waals surface area contributed by atoms with E-state index in [1.807, 2.05) is 23.6 Å². The van der Waals surface area contributed by atoms with Crippen molar-refractivity contribution in [3.63, 3.8) is 0 Å². The third-order valence-electron chi connectivity index (χ3n) is 5.00. The Balaban J connectivity index is 1.49. The molecule has 1 aromatic carbocycles. The van der Waals surface area contributed by atoms with Gasteiger partial charge in [0, 0.05) is 30.5 Å². The van der Waals surface area contributed by atoms with Crippen LogP contribution in [0.3, 0.4) is 0 Å². The van der Waals surface area contributed by atoms with Gasteiger partial charge in [0.25, 0.3) is 0 Å². The number of carbonyl (C=O) groups is 1. The molecule has 1 saturated carbocycles. The first-order chi connectivity index (χ1) is 14.6. The molecule has 2 aromatic heterocycles. The lowest BCUT2D eigenvalue weighted by Gasteiger charge is -2.18. The van der Waals surface area contributed by atoms with E-state index in [0.29, 0.717) is 16.8 Å². The van der Waals surface area contributed by atoms with Gasteiger partial charge in [-0.3, -0.25) is 9.69 Å².